The van der Waals surface area contributed by atoms with Crippen molar-refractivity contribution in [2.24, 2.45) is 0 Å². The van der Waals surface area contributed by atoms with E-state index in [-0.39, 0.29) is 24.5 Å². The van der Waals surface area contributed by atoms with E-state index in [4.69, 9.17) is 9.47 Å². The number of aliphatic hydroxyl groups is 1. The highest BCUT2D eigenvalue weighted by Gasteiger charge is 2.31. The minimum Gasteiger partial charge on any atom is -0.392 e. The van der Waals surface area contributed by atoms with Gasteiger partial charge in [-0.2, -0.15) is 0 Å². The van der Waals surface area contributed by atoms with Gasteiger partial charge in [-0.25, -0.2) is 0 Å². The summed E-state index contributed by atoms with van der Waals surface area (Å²) in [5.41, 5.74) is 1.21. The molecule has 6 nitrogen and oxygen atoms in total. The van der Waals surface area contributed by atoms with Crippen LogP contribution in [0.25, 0.3) is 0 Å². The second-order valence-corrected chi connectivity index (χ2v) is 6.49. The van der Waals surface area contributed by atoms with Crippen molar-refractivity contribution in [3.8, 4) is 0 Å². The van der Waals surface area contributed by atoms with Gasteiger partial charge >= 0.3 is 0 Å². The van der Waals surface area contributed by atoms with Crippen LogP contribution in [-0.2, 0) is 20.8 Å². The fourth-order valence-electron chi connectivity index (χ4n) is 3.29. The average molecular weight is 334 g/mol. The Balaban J connectivity index is 1.46. The summed E-state index contributed by atoms with van der Waals surface area (Å²) in [6.45, 7) is 3.27. The zero-order valence-electron chi connectivity index (χ0n) is 13.9. The number of β-amino-alcohol motifs (C(OH)–C–C–N with tert-alkyl or cyclic N) is 1. The van der Waals surface area contributed by atoms with E-state index >= 15 is 0 Å². The van der Waals surface area contributed by atoms with E-state index in [2.05, 4.69) is 22.3 Å². The molecule has 1 amide bonds. The van der Waals surface area contributed by atoms with E-state index in [1.807, 2.05) is 18.2 Å². The molecule has 0 saturated carbocycles. The quantitative estimate of drug-likeness (QED) is 0.808. The summed E-state index contributed by atoms with van der Waals surface area (Å²) in [7, 11) is 0. The molecule has 2 atom stereocenters. The first kappa shape index (κ1) is 17.4. The van der Waals surface area contributed by atoms with Crippen LogP contribution in [0.4, 0.5) is 0 Å². The van der Waals surface area contributed by atoms with E-state index in [9.17, 15) is 9.90 Å². The van der Waals surface area contributed by atoms with Gasteiger partial charge in [-0.15, -0.1) is 0 Å². The molecule has 2 saturated heterocycles. The fourth-order valence-corrected chi connectivity index (χ4v) is 3.29. The number of carbonyl (C=O) groups is 1. The van der Waals surface area contributed by atoms with Crippen LogP contribution >= 0.6 is 0 Å². The Hall–Kier alpha value is -1.47. The topological polar surface area (TPSA) is 71.0 Å². The molecule has 2 N–H and O–H groups in total. The smallest absolute Gasteiger partial charge is 0.225 e. The summed E-state index contributed by atoms with van der Waals surface area (Å²) in [6, 6.07) is 10.3. The standard InChI is InChI=1S/C18H26N2O4/c21-16-9-15(20(13-16)12-14-5-2-1-3-6-14)11-19-17(22)10-18-23-7-4-8-24-18/h1-3,5-6,15-16,18,21H,4,7-13H2,(H,19,22)/t15-,16+/m0/s1. The Bertz CT molecular complexity index is 519. The maximum atomic E-state index is 12.1. The van der Waals surface area contributed by atoms with Gasteiger partial charge in [-0.3, -0.25) is 9.69 Å². The fraction of sp³-hybridized carbons (Fsp3) is 0.611. The molecule has 0 bridgehead atoms. The summed E-state index contributed by atoms with van der Waals surface area (Å²) in [4.78, 5) is 14.3. The van der Waals surface area contributed by atoms with Crippen molar-refractivity contribution >= 4 is 5.91 Å². The molecule has 0 radical (unpaired) electrons. The Morgan fingerprint density at radius 1 is 1.25 bits per heavy atom. The first-order valence-corrected chi connectivity index (χ1v) is 8.66. The lowest BCUT2D eigenvalue weighted by Gasteiger charge is -2.25. The van der Waals surface area contributed by atoms with Crippen LogP contribution in [0.3, 0.4) is 0 Å². The van der Waals surface area contributed by atoms with Gasteiger partial charge in [0.2, 0.25) is 5.91 Å². The molecular formula is C18H26N2O4. The van der Waals surface area contributed by atoms with Gasteiger partial charge in [0.15, 0.2) is 6.29 Å². The van der Waals surface area contributed by atoms with Gasteiger partial charge in [-0.1, -0.05) is 30.3 Å². The molecular weight excluding hydrogens is 308 g/mol. The highest BCUT2D eigenvalue weighted by molar-refractivity contribution is 5.76. The third-order valence-corrected chi connectivity index (χ3v) is 4.52. The van der Waals surface area contributed by atoms with Crippen molar-refractivity contribution in [2.75, 3.05) is 26.3 Å². The van der Waals surface area contributed by atoms with Crippen molar-refractivity contribution < 1.29 is 19.4 Å². The van der Waals surface area contributed by atoms with E-state index in [0.717, 1.165) is 13.0 Å². The monoisotopic (exact) mass is 334 g/mol. The molecule has 6 heteroatoms. The number of amides is 1. The predicted molar refractivity (Wildman–Crippen MR) is 89.2 cm³/mol. The molecule has 2 heterocycles. The minimum atomic E-state index is -0.423. The summed E-state index contributed by atoms with van der Waals surface area (Å²) in [5, 5.41) is 12.9. The second-order valence-electron chi connectivity index (χ2n) is 6.49. The maximum Gasteiger partial charge on any atom is 0.225 e. The third-order valence-electron chi connectivity index (χ3n) is 4.52. The molecule has 24 heavy (non-hydrogen) atoms. The van der Waals surface area contributed by atoms with Gasteiger partial charge in [0.1, 0.15) is 0 Å². The molecule has 132 valence electrons. The molecule has 2 aliphatic rings. The van der Waals surface area contributed by atoms with Gasteiger partial charge < -0.3 is 19.9 Å². The molecule has 2 aliphatic heterocycles. The minimum absolute atomic E-state index is 0.0667. The maximum absolute atomic E-state index is 12.1. The van der Waals surface area contributed by atoms with Gasteiger partial charge in [-0.05, 0) is 18.4 Å². The number of carbonyl (C=O) groups excluding carboxylic acids is 1. The van der Waals surface area contributed by atoms with Gasteiger partial charge in [0.25, 0.3) is 0 Å². The number of ether oxygens (including phenoxy) is 2. The molecule has 1 aromatic carbocycles. The van der Waals surface area contributed by atoms with Crippen molar-refractivity contribution in [3.05, 3.63) is 35.9 Å². The zero-order valence-corrected chi connectivity index (χ0v) is 13.9. The largest absolute Gasteiger partial charge is 0.392 e. The molecule has 0 spiro atoms. The Morgan fingerprint density at radius 3 is 2.75 bits per heavy atom. The number of likely N-dealkylation sites (tertiary alicyclic amines) is 1. The lowest BCUT2D eigenvalue weighted by molar-refractivity contribution is -0.183. The molecule has 0 aromatic heterocycles. The molecule has 1 aromatic rings. The van der Waals surface area contributed by atoms with Crippen molar-refractivity contribution in [1.82, 2.24) is 10.2 Å². The lowest BCUT2D eigenvalue weighted by Crippen LogP contribution is -2.41. The van der Waals surface area contributed by atoms with Crippen LogP contribution in [0.2, 0.25) is 0 Å². The number of benzene rings is 1. The van der Waals surface area contributed by atoms with Crippen molar-refractivity contribution in [1.29, 1.82) is 0 Å². The van der Waals surface area contributed by atoms with E-state index in [1.165, 1.54) is 5.56 Å². The van der Waals surface area contributed by atoms with E-state index < -0.39 is 6.29 Å². The first-order chi connectivity index (χ1) is 11.7. The van der Waals surface area contributed by atoms with Crippen LogP contribution in [0.1, 0.15) is 24.8 Å². The average Bonchev–Trinajstić information content (AvgIpc) is 2.94. The second kappa shape index (κ2) is 8.58. The van der Waals surface area contributed by atoms with Crippen molar-refractivity contribution in [3.63, 3.8) is 0 Å². The predicted octanol–water partition coefficient (Wildman–Crippen LogP) is 0.891. The van der Waals surface area contributed by atoms with E-state index in [0.29, 0.717) is 32.7 Å². The number of aliphatic hydroxyl groups excluding tert-OH is 1. The number of hydrogen-bond acceptors (Lipinski definition) is 5. The normalized spacial score (nSPS) is 25.7. The summed E-state index contributed by atoms with van der Waals surface area (Å²) in [5.74, 6) is -0.0667. The number of hydrogen-bond donors (Lipinski definition) is 2. The number of nitrogens with zero attached hydrogens (tertiary/aromatic N) is 1. The summed E-state index contributed by atoms with van der Waals surface area (Å²) >= 11 is 0. The lowest BCUT2D eigenvalue weighted by atomic mass is 10.1. The molecule has 0 aliphatic carbocycles. The highest BCUT2D eigenvalue weighted by Crippen LogP contribution is 2.20. The third kappa shape index (κ3) is 5.01. The van der Waals surface area contributed by atoms with Crippen LogP contribution in [0.5, 0.6) is 0 Å². The van der Waals surface area contributed by atoms with Gasteiger partial charge in [0, 0.05) is 25.7 Å². The summed E-state index contributed by atoms with van der Waals surface area (Å²) < 4.78 is 10.8. The first-order valence-electron chi connectivity index (χ1n) is 8.66. The van der Waals surface area contributed by atoms with Crippen LogP contribution in [-0.4, -0.2) is 60.7 Å². The zero-order chi connectivity index (χ0) is 16.8. The number of nitrogens with one attached hydrogen (secondary N) is 1. The molecule has 2 fully saturated rings. The highest BCUT2D eigenvalue weighted by atomic mass is 16.7. The van der Waals surface area contributed by atoms with E-state index in [1.54, 1.807) is 0 Å². The summed E-state index contributed by atoms with van der Waals surface area (Å²) in [6.07, 6.45) is 1.04. The van der Waals surface area contributed by atoms with Crippen molar-refractivity contribution in [2.45, 2.75) is 44.2 Å². The van der Waals surface area contributed by atoms with Crippen LogP contribution in [0.15, 0.2) is 30.3 Å². The van der Waals surface area contributed by atoms with Crippen LogP contribution < -0.4 is 5.32 Å². The Morgan fingerprint density at radius 2 is 2.00 bits per heavy atom. The Kier molecular flexibility index (Phi) is 6.20. The van der Waals surface area contributed by atoms with Gasteiger partial charge in [0.05, 0.1) is 25.7 Å². The molecule has 0 unspecified atom stereocenters. The van der Waals surface area contributed by atoms with Crippen LogP contribution in [0, 0.1) is 0 Å². The number of rotatable bonds is 6. The molecule has 3 rings (SSSR count). The SMILES string of the molecule is O=C(CC1OCCCO1)NC[C@@H]1C[C@@H](O)CN1Cc1ccccc1. The Labute approximate surface area is 142 Å².